The molecule has 0 saturated carbocycles. The smallest absolute Gasteiger partial charge is 0.254 e. The van der Waals surface area contributed by atoms with Crippen LogP contribution in [0.1, 0.15) is 29.1 Å². The van der Waals surface area contributed by atoms with Crippen LogP contribution in [0.25, 0.3) is 5.69 Å². The zero-order chi connectivity index (χ0) is 16.2. The first-order chi connectivity index (χ1) is 11.2. The molecule has 0 aliphatic carbocycles. The van der Waals surface area contributed by atoms with Gasteiger partial charge >= 0.3 is 0 Å². The zero-order valence-electron chi connectivity index (χ0n) is 12.9. The molecule has 0 fully saturated rings. The summed E-state index contributed by atoms with van der Waals surface area (Å²) in [4.78, 5) is 14.1. The van der Waals surface area contributed by atoms with Crippen molar-refractivity contribution in [2.45, 2.75) is 19.9 Å². The van der Waals surface area contributed by atoms with Crippen LogP contribution in [0.2, 0.25) is 0 Å². The lowest BCUT2D eigenvalue weighted by Gasteiger charge is -2.15. The standard InChI is InChI=1S/C15H16N6O2/c1-3-13-18-19-14(23-13)8-20(2)15(22)11-5-4-6-12(7-11)21-9-16-17-10-21/h4-7,9-10H,3,8H2,1-2H3. The van der Waals surface area contributed by atoms with Crippen LogP contribution in [0.4, 0.5) is 0 Å². The van der Waals surface area contributed by atoms with Gasteiger partial charge in [0.1, 0.15) is 12.7 Å². The van der Waals surface area contributed by atoms with E-state index in [-0.39, 0.29) is 12.5 Å². The van der Waals surface area contributed by atoms with Gasteiger partial charge in [-0.05, 0) is 18.2 Å². The predicted octanol–water partition coefficient (Wildman–Crippen LogP) is 1.48. The summed E-state index contributed by atoms with van der Waals surface area (Å²) in [5, 5.41) is 15.4. The van der Waals surface area contributed by atoms with Crippen LogP contribution in [-0.2, 0) is 13.0 Å². The highest BCUT2D eigenvalue weighted by atomic mass is 16.4. The Morgan fingerprint density at radius 3 is 2.65 bits per heavy atom. The van der Waals surface area contributed by atoms with E-state index in [9.17, 15) is 4.79 Å². The molecule has 3 rings (SSSR count). The first kappa shape index (κ1) is 14.9. The monoisotopic (exact) mass is 312 g/mol. The van der Waals surface area contributed by atoms with Gasteiger partial charge in [0.25, 0.3) is 5.91 Å². The number of aromatic nitrogens is 5. The van der Waals surface area contributed by atoms with Gasteiger partial charge in [0.15, 0.2) is 0 Å². The Kier molecular flexibility index (Phi) is 4.13. The number of rotatable bonds is 5. The van der Waals surface area contributed by atoms with Crippen molar-refractivity contribution in [2.24, 2.45) is 0 Å². The number of nitrogens with zero attached hydrogens (tertiary/aromatic N) is 6. The van der Waals surface area contributed by atoms with Crippen molar-refractivity contribution in [3.8, 4) is 5.69 Å². The summed E-state index contributed by atoms with van der Waals surface area (Å²) in [5.41, 5.74) is 1.38. The van der Waals surface area contributed by atoms with E-state index in [1.807, 2.05) is 19.1 Å². The maximum Gasteiger partial charge on any atom is 0.254 e. The Morgan fingerprint density at radius 1 is 1.22 bits per heavy atom. The van der Waals surface area contributed by atoms with E-state index in [4.69, 9.17) is 4.42 Å². The van der Waals surface area contributed by atoms with E-state index in [1.165, 1.54) is 4.90 Å². The lowest BCUT2D eigenvalue weighted by molar-refractivity contribution is 0.0772. The van der Waals surface area contributed by atoms with Gasteiger partial charge in [-0.25, -0.2) is 0 Å². The molecule has 0 spiro atoms. The van der Waals surface area contributed by atoms with Crippen LogP contribution in [0, 0.1) is 0 Å². The van der Waals surface area contributed by atoms with Crippen LogP contribution in [-0.4, -0.2) is 42.8 Å². The van der Waals surface area contributed by atoms with E-state index in [0.717, 1.165) is 5.69 Å². The summed E-state index contributed by atoms with van der Waals surface area (Å²) < 4.78 is 7.17. The molecule has 1 aromatic carbocycles. The first-order valence-electron chi connectivity index (χ1n) is 7.19. The van der Waals surface area contributed by atoms with E-state index < -0.39 is 0 Å². The number of aryl methyl sites for hydroxylation is 1. The minimum absolute atomic E-state index is 0.129. The summed E-state index contributed by atoms with van der Waals surface area (Å²) in [7, 11) is 1.70. The first-order valence-corrected chi connectivity index (χ1v) is 7.19. The van der Waals surface area contributed by atoms with Gasteiger partial charge in [-0.15, -0.1) is 20.4 Å². The number of hydrogen-bond acceptors (Lipinski definition) is 6. The molecule has 8 nitrogen and oxygen atoms in total. The lowest BCUT2D eigenvalue weighted by Crippen LogP contribution is -2.26. The molecular formula is C15H16N6O2. The molecule has 8 heteroatoms. The van der Waals surface area contributed by atoms with Gasteiger partial charge in [0.2, 0.25) is 11.8 Å². The Balaban J connectivity index is 1.75. The summed E-state index contributed by atoms with van der Waals surface area (Å²) in [6.45, 7) is 2.20. The van der Waals surface area contributed by atoms with Crippen LogP contribution < -0.4 is 0 Å². The van der Waals surface area contributed by atoms with Gasteiger partial charge in [0.05, 0.1) is 6.54 Å². The Labute approximate surface area is 132 Å². The Morgan fingerprint density at radius 2 is 1.96 bits per heavy atom. The van der Waals surface area contributed by atoms with Crippen LogP contribution >= 0.6 is 0 Å². The van der Waals surface area contributed by atoms with E-state index >= 15 is 0 Å². The number of benzene rings is 1. The Bertz CT molecular complexity index is 796. The fourth-order valence-corrected chi connectivity index (χ4v) is 2.12. The maximum atomic E-state index is 12.5. The highest BCUT2D eigenvalue weighted by Crippen LogP contribution is 2.13. The minimum atomic E-state index is -0.129. The molecule has 0 atom stereocenters. The third-order valence-corrected chi connectivity index (χ3v) is 3.34. The second-order valence-corrected chi connectivity index (χ2v) is 5.02. The Hall–Kier alpha value is -3.03. The third kappa shape index (κ3) is 3.25. The van der Waals surface area contributed by atoms with Crippen LogP contribution in [0.5, 0.6) is 0 Å². The second-order valence-electron chi connectivity index (χ2n) is 5.02. The number of carbonyl (C=O) groups excluding carboxylic acids is 1. The highest BCUT2D eigenvalue weighted by molar-refractivity contribution is 5.94. The molecule has 2 aromatic heterocycles. The lowest BCUT2D eigenvalue weighted by atomic mass is 10.1. The summed E-state index contributed by atoms with van der Waals surface area (Å²) in [5.74, 6) is 0.860. The van der Waals surface area contributed by atoms with Crippen molar-refractivity contribution in [3.05, 3.63) is 54.3 Å². The molecule has 23 heavy (non-hydrogen) atoms. The molecule has 0 radical (unpaired) electrons. The average Bonchev–Trinajstić information content (AvgIpc) is 3.25. The highest BCUT2D eigenvalue weighted by Gasteiger charge is 2.15. The summed E-state index contributed by atoms with van der Waals surface area (Å²) in [6.07, 6.45) is 3.84. The fraction of sp³-hybridized carbons (Fsp3) is 0.267. The van der Waals surface area contributed by atoms with Crippen LogP contribution in [0.15, 0.2) is 41.3 Å². The van der Waals surface area contributed by atoms with Crippen molar-refractivity contribution in [1.82, 2.24) is 29.9 Å². The molecule has 0 aliphatic rings. The average molecular weight is 312 g/mol. The molecular weight excluding hydrogens is 296 g/mol. The van der Waals surface area contributed by atoms with Crippen molar-refractivity contribution < 1.29 is 9.21 Å². The van der Waals surface area contributed by atoms with Crippen molar-refractivity contribution in [3.63, 3.8) is 0 Å². The summed E-state index contributed by atoms with van der Waals surface area (Å²) >= 11 is 0. The zero-order valence-corrected chi connectivity index (χ0v) is 12.9. The molecule has 0 saturated heterocycles. The van der Waals surface area contributed by atoms with Crippen molar-refractivity contribution in [2.75, 3.05) is 7.05 Å². The summed E-state index contributed by atoms with van der Waals surface area (Å²) in [6, 6.07) is 7.25. The third-order valence-electron chi connectivity index (χ3n) is 3.34. The topological polar surface area (TPSA) is 89.9 Å². The molecule has 2 heterocycles. The number of hydrogen-bond donors (Lipinski definition) is 0. The quantitative estimate of drug-likeness (QED) is 0.709. The fourth-order valence-electron chi connectivity index (χ4n) is 2.12. The molecule has 0 bridgehead atoms. The molecule has 0 aliphatic heterocycles. The van der Waals surface area contributed by atoms with Crippen LogP contribution in [0.3, 0.4) is 0 Å². The van der Waals surface area contributed by atoms with E-state index in [2.05, 4.69) is 20.4 Å². The normalized spacial score (nSPS) is 10.7. The second kappa shape index (κ2) is 6.39. The number of amides is 1. The molecule has 0 N–H and O–H groups in total. The SMILES string of the molecule is CCc1nnc(CN(C)C(=O)c2cccc(-n3cnnc3)c2)o1. The van der Waals surface area contributed by atoms with Gasteiger partial charge in [-0.2, -0.15) is 0 Å². The molecule has 1 amide bonds. The largest absolute Gasteiger partial charge is 0.423 e. The maximum absolute atomic E-state index is 12.5. The van der Waals surface area contributed by atoms with Crippen molar-refractivity contribution in [1.29, 1.82) is 0 Å². The minimum Gasteiger partial charge on any atom is -0.423 e. The predicted molar refractivity (Wildman–Crippen MR) is 80.8 cm³/mol. The molecule has 0 unspecified atom stereocenters. The van der Waals surface area contributed by atoms with Crippen molar-refractivity contribution >= 4 is 5.91 Å². The number of carbonyl (C=O) groups is 1. The van der Waals surface area contributed by atoms with Gasteiger partial charge in [-0.1, -0.05) is 13.0 Å². The van der Waals surface area contributed by atoms with Gasteiger partial charge in [-0.3, -0.25) is 9.36 Å². The molecule has 3 aromatic rings. The van der Waals surface area contributed by atoms with Gasteiger partial charge in [0, 0.05) is 24.7 Å². The van der Waals surface area contributed by atoms with E-state index in [0.29, 0.717) is 23.8 Å². The molecule has 118 valence electrons. The van der Waals surface area contributed by atoms with Gasteiger partial charge < -0.3 is 9.32 Å². The van der Waals surface area contributed by atoms with E-state index in [1.54, 1.807) is 36.4 Å².